The largest absolute Gasteiger partial charge is 0.390 e. The van der Waals surface area contributed by atoms with Gasteiger partial charge in [-0.05, 0) is 36.8 Å². The predicted octanol–water partition coefficient (Wildman–Crippen LogP) is 2.53. The summed E-state index contributed by atoms with van der Waals surface area (Å²) in [7, 11) is 0. The van der Waals surface area contributed by atoms with Gasteiger partial charge >= 0.3 is 6.03 Å². The molecule has 116 valence electrons. The Bertz CT molecular complexity index is 610. The predicted molar refractivity (Wildman–Crippen MR) is 83.7 cm³/mol. The molecule has 4 rings (SSSR count). The van der Waals surface area contributed by atoms with Crippen molar-refractivity contribution in [2.75, 3.05) is 6.54 Å². The van der Waals surface area contributed by atoms with Gasteiger partial charge in [0.15, 0.2) is 0 Å². The number of fused-ring (bicyclic) bond motifs is 1. The molecular weight excluding hydrogens is 278 g/mol. The molecule has 1 heterocycles. The van der Waals surface area contributed by atoms with Gasteiger partial charge in [0.25, 0.3) is 0 Å². The van der Waals surface area contributed by atoms with E-state index < -0.39 is 0 Å². The van der Waals surface area contributed by atoms with Crippen LogP contribution in [0.1, 0.15) is 42.9 Å². The second-order valence-electron chi connectivity index (χ2n) is 6.43. The highest BCUT2D eigenvalue weighted by Crippen LogP contribution is 2.34. The van der Waals surface area contributed by atoms with E-state index in [4.69, 9.17) is 4.84 Å². The van der Waals surface area contributed by atoms with Gasteiger partial charge in [-0.2, -0.15) is 0 Å². The minimum atomic E-state index is -0.120. The number of hydrogen-bond acceptors (Lipinski definition) is 3. The van der Waals surface area contributed by atoms with Gasteiger partial charge in [0.05, 0.1) is 18.3 Å². The van der Waals surface area contributed by atoms with Gasteiger partial charge in [0.2, 0.25) is 0 Å². The minimum absolute atomic E-state index is 0.00258. The molecule has 0 bridgehead atoms. The van der Waals surface area contributed by atoms with Crippen LogP contribution in [0, 0.1) is 5.92 Å². The Labute approximate surface area is 130 Å². The standard InChI is InChI=1S/C17H21N3O2/c21-17(18-10-13-9-16(20-22-13)12-5-6-12)19-15-8-7-11-3-1-2-4-14(11)15/h1-4,12-13,15H,5-10H2,(H2,18,19,21)/t13?,15-/m1/s1. The molecule has 0 radical (unpaired) electrons. The number of oxime groups is 1. The Morgan fingerprint density at radius 1 is 1.27 bits per heavy atom. The number of rotatable bonds is 4. The number of carbonyl (C=O) groups is 1. The van der Waals surface area contributed by atoms with Crippen molar-refractivity contribution in [3.63, 3.8) is 0 Å². The Hall–Kier alpha value is -2.04. The zero-order valence-corrected chi connectivity index (χ0v) is 12.5. The smallest absolute Gasteiger partial charge is 0.315 e. The summed E-state index contributed by atoms with van der Waals surface area (Å²) in [4.78, 5) is 17.5. The maximum Gasteiger partial charge on any atom is 0.315 e. The van der Waals surface area contributed by atoms with E-state index in [1.165, 1.54) is 29.7 Å². The van der Waals surface area contributed by atoms with Gasteiger partial charge < -0.3 is 15.5 Å². The summed E-state index contributed by atoms with van der Waals surface area (Å²) >= 11 is 0. The fraction of sp³-hybridized carbons (Fsp3) is 0.529. The molecule has 1 aromatic carbocycles. The van der Waals surface area contributed by atoms with Crippen molar-refractivity contribution in [1.82, 2.24) is 10.6 Å². The van der Waals surface area contributed by atoms with Crippen LogP contribution >= 0.6 is 0 Å². The minimum Gasteiger partial charge on any atom is -0.390 e. The number of carbonyl (C=O) groups excluding carboxylic acids is 1. The summed E-state index contributed by atoms with van der Waals surface area (Å²) in [6, 6.07) is 8.32. The molecule has 2 aliphatic carbocycles. The molecule has 2 N–H and O–H groups in total. The Balaban J connectivity index is 1.24. The third-order valence-corrected chi connectivity index (χ3v) is 4.73. The molecule has 2 amide bonds. The van der Waals surface area contributed by atoms with Crippen molar-refractivity contribution in [3.8, 4) is 0 Å². The SMILES string of the molecule is O=C(NCC1CC(C2CC2)=NO1)N[C@@H]1CCc2ccccc21. The van der Waals surface area contributed by atoms with Crippen LogP contribution in [0.25, 0.3) is 0 Å². The van der Waals surface area contributed by atoms with Gasteiger partial charge in [-0.3, -0.25) is 0 Å². The molecular formula is C17H21N3O2. The summed E-state index contributed by atoms with van der Waals surface area (Å²) in [5.74, 6) is 0.647. The van der Waals surface area contributed by atoms with E-state index in [1.807, 2.05) is 6.07 Å². The normalized spacial score (nSPS) is 26.1. The third kappa shape index (κ3) is 2.80. The lowest BCUT2D eigenvalue weighted by Gasteiger charge is -2.16. The van der Waals surface area contributed by atoms with E-state index in [9.17, 15) is 4.79 Å². The highest BCUT2D eigenvalue weighted by molar-refractivity contribution is 5.89. The van der Waals surface area contributed by atoms with E-state index in [0.717, 1.165) is 19.3 Å². The molecule has 0 spiro atoms. The number of urea groups is 1. The zero-order chi connectivity index (χ0) is 14.9. The first-order chi connectivity index (χ1) is 10.8. The van der Waals surface area contributed by atoms with Crippen LogP contribution in [0.2, 0.25) is 0 Å². The van der Waals surface area contributed by atoms with Crippen molar-refractivity contribution in [2.24, 2.45) is 11.1 Å². The third-order valence-electron chi connectivity index (χ3n) is 4.73. The lowest BCUT2D eigenvalue weighted by Crippen LogP contribution is -2.41. The molecule has 1 saturated carbocycles. The summed E-state index contributed by atoms with van der Waals surface area (Å²) in [6.45, 7) is 0.514. The van der Waals surface area contributed by atoms with Crippen LogP contribution in [0.3, 0.4) is 0 Å². The van der Waals surface area contributed by atoms with Crippen LogP contribution in [-0.2, 0) is 11.3 Å². The van der Waals surface area contributed by atoms with Crippen LogP contribution in [0.5, 0.6) is 0 Å². The van der Waals surface area contributed by atoms with Crippen molar-refractivity contribution >= 4 is 11.7 Å². The first-order valence-corrected chi connectivity index (χ1v) is 8.14. The molecule has 5 heteroatoms. The van der Waals surface area contributed by atoms with Crippen molar-refractivity contribution < 1.29 is 9.63 Å². The zero-order valence-electron chi connectivity index (χ0n) is 12.5. The maximum absolute atomic E-state index is 12.1. The molecule has 1 fully saturated rings. The van der Waals surface area contributed by atoms with Gasteiger partial charge in [-0.1, -0.05) is 29.4 Å². The van der Waals surface area contributed by atoms with Crippen LogP contribution in [0.4, 0.5) is 4.79 Å². The van der Waals surface area contributed by atoms with Crippen LogP contribution in [0.15, 0.2) is 29.4 Å². The van der Waals surface area contributed by atoms with Gasteiger partial charge in [0.1, 0.15) is 6.10 Å². The lowest BCUT2D eigenvalue weighted by atomic mass is 10.1. The van der Waals surface area contributed by atoms with E-state index in [-0.39, 0.29) is 18.2 Å². The quantitative estimate of drug-likeness (QED) is 0.897. The number of nitrogens with zero attached hydrogens (tertiary/aromatic N) is 1. The fourth-order valence-corrected chi connectivity index (χ4v) is 3.34. The number of aryl methyl sites for hydroxylation is 1. The summed E-state index contributed by atoms with van der Waals surface area (Å²) in [5, 5.41) is 10.1. The number of benzene rings is 1. The highest BCUT2D eigenvalue weighted by atomic mass is 16.6. The maximum atomic E-state index is 12.1. The van der Waals surface area contributed by atoms with Crippen molar-refractivity contribution in [1.29, 1.82) is 0 Å². The van der Waals surface area contributed by atoms with Crippen LogP contribution < -0.4 is 10.6 Å². The second-order valence-corrected chi connectivity index (χ2v) is 6.43. The number of amides is 2. The molecule has 1 aromatic rings. The van der Waals surface area contributed by atoms with Crippen molar-refractivity contribution in [2.45, 2.75) is 44.2 Å². The molecule has 1 unspecified atom stereocenters. The van der Waals surface area contributed by atoms with Gasteiger partial charge in [0, 0.05) is 12.3 Å². The summed E-state index contributed by atoms with van der Waals surface area (Å²) in [5.41, 5.74) is 3.76. The Kier molecular flexibility index (Phi) is 3.48. The van der Waals surface area contributed by atoms with Gasteiger partial charge in [-0.25, -0.2) is 4.79 Å². The average Bonchev–Trinajstić information content (AvgIpc) is 3.15. The number of nitrogens with one attached hydrogen (secondary N) is 2. The molecule has 2 atom stereocenters. The molecule has 3 aliphatic rings. The van der Waals surface area contributed by atoms with Gasteiger partial charge in [-0.15, -0.1) is 0 Å². The lowest BCUT2D eigenvalue weighted by molar-refractivity contribution is 0.0864. The van der Waals surface area contributed by atoms with E-state index in [0.29, 0.717) is 12.5 Å². The summed E-state index contributed by atoms with van der Waals surface area (Å²) in [6.07, 6.45) is 5.34. The molecule has 5 nitrogen and oxygen atoms in total. The molecule has 22 heavy (non-hydrogen) atoms. The fourth-order valence-electron chi connectivity index (χ4n) is 3.34. The Morgan fingerprint density at radius 3 is 3.00 bits per heavy atom. The Morgan fingerprint density at radius 2 is 2.14 bits per heavy atom. The first kappa shape index (κ1) is 13.6. The van der Waals surface area contributed by atoms with E-state index >= 15 is 0 Å². The average molecular weight is 299 g/mol. The molecule has 0 aromatic heterocycles. The number of hydrogen-bond donors (Lipinski definition) is 2. The molecule has 0 saturated heterocycles. The molecule has 1 aliphatic heterocycles. The summed E-state index contributed by atoms with van der Waals surface area (Å²) < 4.78 is 0. The topological polar surface area (TPSA) is 62.7 Å². The van der Waals surface area contributed by atoms with E-state index in [1.54, 1.807) is 0 Å². The monoisotopic (exact) mass is 299 g/mol. The van der Waals surface area contributed by atoms with E-state index in [2.05, 4.69) is 34.0 Å². The van der Waals surface area contributed by atoms with Crippen molar-refractivity contribution in [3.05, 3.63) is 35.4 Å². The first-order valence-electron chi connectivity index (χ1n) is 8.14. The second kappa shape index (κ2) is 5.63. The van der Waals surface area contributed by atoms with Crippen LogP contribution in [-0.4, -0.2) is 24.4 Å². The highest BCUT2D eigenvalue weighted by Gasteiger charge is 2.34.